The molecule has 8 heterocycles. The topological polar surface area (TPSA) is 195 Å². The molecule has 296 valence electrons. The normalized spacial score (nSPS) is 23.3. The van der Waals surface area contributed by atoms with E-state index in [2.05, 4.69) is 25.0 Å². The van der Waals surface area contributed by atoms with E-state index in [1.807, 2.05) is 29.3 Å². The Bertz CT molecular complexity index is 2150. The van der Waals surface area contributed by atoms with Crippen LogP contribution in [0.25, 0.3) is 0 Å². The van der Waals surface area contributed by atoms with Crippen molar-refractivity contribution in [2.24, 2.45) is 17.6 Å². The number of fused-ring (bicyclic) bond motifs is 1. The number of hydrogen-bond donors (Lipinski definition) is 2. The van der Waals surface area contributed by atoms with Crippen LogP contribution in [0.1, 0.15) is 93.8 Å². The first-order valence-corrected chi connectivity index (χ1v) is 20.1. The molecule has 16 nitrogen and oxygen atoms in total. The molecule has 16 heteroatoms. The number of rotatable bonds is 9. The van der Waals surface area contributed by atoms with Crippen LogP contribution in [0.15, 0.2) is 42.7 Å². The molecule has 6 aliphatic rings. The molecule has 0 saturated carbocycles. The number of nitrogens with two attached hydrogens (primary N) is 1. The van der Waals surface area contributed by atoms with Gasteiger partial charge in [-0.25, -0.2) is 15.0 Å². The molecule has 2 atom stereocenters. The standard InChI is InChI=1S/C41H46N10O6/c42-38(54)37-31(45-34(20-44-37)48-13-1-3-28(23-48)50-14-2-4-36(50)53)17-24-5-9-33(43-19-24)49-21-26(22-49)25-11-15-47(16-12-25)27-6-7-29-30(18-27)41(57)51(40(29)56)32-8-10-35(52)46-39(32)55/h5-7,9,18-20,25-26,28,32H,1-4,8,10-17,21-23H2,(H2,42,54)(H,46,52,55)/t28-,32?/m1/s1. The molecule has 0 radical (unpaired) electrons. The summed E-state index contributed by atoms with van der Waals surface area (Å²) in [4.78, 5) is 99.1. The van der Waals surface area contributed by atoms with Crippen LogP contribution in [-0.2, 0) is 20.8 Å². The summed E-state index contributed by atoms with van der Waals surface area (Å²) in [6.07, 6.45) is 9.48. The molecular formula is C41H46N10O6. The van der Waals surface area contributed by atoms with E-state index in [9.17, 15) is 28.8 Å². The Morgan fingerprint density at radius 2 is 1.56 bits per heavy atom. The Labute approximate surface area is 329 Å². The number of nitrogens with one attached hydrogen (secondary N) is 1. The highest BCUT2D eigenvalue weighted by Gasteiger charge is 2.45. The molecule has 0 bridgehead atoms. The molecule has 5 fully saturated rings. The number of nitrogens with zero attached hydrogens (tertiary/aromatic N) is 8. The van der Waals surface area contributed by atoms with Gasteiger partial charge in [0.05, 0.1) is 23.0 Å². The first-order valence-electron chi connectivity index (χ1n) is 20.1. The highest BCUT2D eigenvalue weighted by atomic mass is 16.2. The minimum absolute atomic E-state index is 0.0865. The summed E-state index contributed by atoms with van der Waals surface area (Å²) in [5.41, 5.74) is 8.75. The van der Waals surface area contributed by atoms with Crippen LogP contribution in [0, 0.1) is 11.8 Å². The second kappa shape index (κ2) is 14.9. The predicted octanol–water partition coefficient (Wildman–Crippen LogP) is 1.91. The van der Waals surface area contributed by atoms with E-state index in [0.717, 1.165) is 93.3 Å². The van der Waals surface area contributed by atoms with E-state index in [1.165, 1.54) is 0 Å². The largest absolute Gasteiger partial charge is 0.371 e. The maximum atomic E-state index is 13.3. The summed E-state index contributed by atoms with van der Waals surface area (Å²) >= 11 is 0. The van der Waals surface area contributed by atoms with Gasteiger partial charge in [0.15, 0.2) is 0 Å². The third-order valence-corrected chi connectivity index (χ3v) is 12.7. The Morgan fingerprint density at radius 3 is 2.28 bits per heavy atom. The number of primary amides is 1. The van der Waals surface area contributed by atoms with Crippen LogP contribution in [0.5, 0.6) is 0 Å². The fraction of sp³-hybridized carbons (Fsp3) is 0.488. The fourth-order valence-electron chi connectivity index (χ4n) is 9.55. The minimum atomic E-state index is -0.979. The smallest absolute Gasteiger partial charge is 0.269 e. The van der Waals surface area contributed by atoms with Crippen molar-refractivity contribution in [1.29, 1.82) is 0 Å². The zero-order valence-corrected chi connectivity index (χ0v) is 31.8. The number of carbonyl (C=O) groups excluding carboxylic acids is 6. The molecule has 6 aliphatic heterocycles. The molecule has 3 N–H and O–H groups in total. The van der Waals surface area contributed by atoms with Crippen molar-refractivity contribution in [1.82, 2.24) is 30.1 Å². The number of hydrogen-bond acceptors (Lipinski definition) is 12. The van der Waals surface area contributed by atoms with Gasteiger partial charge in [0.25, 0.3) is 17.7 Å². The molecule has 57 heavy (non-hydrogen) atoms. The van der Waals surface area contributed by atoms with Gasteiger partial charge in [0, 0.05) is 83.0 Å². The van der Waals surface area contributed by atoms with Crippen LogP contribution < -0.4 is 25.8 Å². The van der Waals surface area contributed by atoms with Crippen molar-refractivity contribution in [2.75, 3.05) is 60.5 Å². The van der Waals surface area contributed by atoms with E-state index in [4.69, 9.17) is 15.7 Å². The number of piperidine rings is 3. The summed E-state index contributed by atoms with van der Waals surface area (Å²) < 4.78 is 0. The van der Waals surface area contributed by atoms with E-state index in [-0.39, 0.29) is 36.0 Å². The van der Waals surface area contributed by atoms with Crippen molar-refractivity contribution in [3.05, 3.63) is 70.8 Å². The highest BCUT2D eigenvalue weighted by Crippen LogP contribution is 2.37. The lowest BCUT2D eigenvalue weighted by Crippen LogP contribution is -2.54. The number of pyridine rings is 1. The minimum Gasteiger partial charge on any atom is -0.371 e. The van der Waals surface area contributed by atoms with E-state index in [1.54, 1.807) is 18.3 Å². The number of carbonyl (C=O) groups is 6. The van der Waals surface area contributed by atoms with Crippen molar-refractivity contribution in [3.63, 3.8) is 0 Å². The second-order valence-corrected chi connectivity index (χ2v) is 16.2. The molecule has 0 spiro atoms. The summed E-state index contributed by atoms with van der Waals surface area (Å²) in [5.74, 6) is 0.298. The lowest BCUT2D eigenvalue weighted by atomic mass is 9.79. The lowest BCUT2D eigenvalue weighted by Gasteiger charge is -2.47. The number of amides is 6. The molecule has 0 aliphatic carbocycles. The Balaban J connectivity index is 0.782. The predicted molar refractivity (Wildman–Crippen MR) is 208 cm³/mol. The summed E-state index contributed by atoms with van der Waals surface area (Å²) in [5, 5.41) is 2.24. The average molecular weight is 775 g/mol. The Kier molecular flexibility index (Phi) is 9.57. The monoisotopic (exact) mass is 774 g/mol. The van der Waals surface area contributed by atoms with Crippen LogP contribution in [0.2, 0.25) is 0 Å². The van der Waals surface area contributed by atoms with E-state index >= 15 is 0 Å². The molecule has 6 amide bonds. The molecule has 1 unspecified atom stereocenters. The van der Waals surface area contributed by atoms with Gasteiger partial charge in [0.2, 0.25) is 17.7 Å². The first-order chi connectivity index (χ1) is 27.6. The van der Waals surface area contributed by atoms with Crippen molar-refractivity contribution in [3.8, 4) is 0 Å². The van der Waals surface area contributed by atoms with Gasteiger partial charge in [0.1, 0.15) is 23.4 Å². The fourth-order valence-corrected chi connectivity index (χ4v) is 9.55. The third kappa shape index (κ3) is 6.95. The Hall–Kier alpha value is -5.93. The number of aromatic nitrogens is 3. The quantitative estimate of drug-likeness (QED) is 0.301. The second-order valence-electron chi connectivity index (χ2n) is 16.2. The van der Waals surface area contributed by atoms with E-state index < -0.39 is 35.6 Å². The van der Waals surface area contributed by atoms with Gasteiger partial charge >= 0.3 is 0 Å². The van der Waals surface area contributed by atoms with Gasteiger partial charge < -0.3 is 25.3 Å². The van der Waals surface area contributed by atoms with Gasteiger partial charge in [-0.3, -0.25) is 39.0 Å². The third-order valence-electron chi connectivity index (χ3n) is 12.7. The zero-order valence-electron chi connectivity index (χ0n) is 31.8. The average Bonchev–Trinajstić information content (AvgIpc) is 3.74. The van der Waals surface area contributed by atoms with Gasteiger partial charge in [-0.05, 0) is 80.2 Å². The Morgan fingerprint density at radius 1 is 0.754 bits per heavy atom. The zero-order chi connectivity index (χ0) is 39.4. The van der Waals surface area contributed by atoms with Crippen molar-refractivity contribution < 1.29 is 28.8 Å². The lowest BCUT2D eigenvalue weighted by molar-refractivity contribution is -0.136. The number of likely N-dealkylation sites (tertiary alicyclic amines) is 1. The SMILES string of the molecule is NC(=O)c1ncc(N2CCC[C@@H](N3CCCC3=O)C2)nc1Cc1ccc(N2CC(C3CCN(c4ccc5c(c4)C(=O)N(C4CCC(=O)NC4=O)C5=O)CC3)C2)nc1. The summed E-state index contributed by atoms with van der Waals surface area (Å²) in [6.45, 7) is 5.81. The van der Waals surface area contributed by atoms with Crippen LogP contribution >= 0.6 is 0 Å². The molecule has 9 rings (SSSR count). The highest BCUT2D eigenvalue weighted by molar-refractivity contribution is 6.23. The van der Waals surface area contributed by atoms with E-state index in [0.29, 0.717) is 48.3 Å². The number of imide groups is 2. The van der Waals surface area contributed by atoms with Gasteiger partial charge in [-0.1, -0.05) is 6.07 Å². The van der Waals surface area contributed by atoms with Crippen LogP contribution in [0.3, 0.4) is 0 Å². The maximum Gasteiger partial charge on any atom is 0.269 e. The van der Waals surface area contributed by atoms with Crippen molar-refractivity contribution in [2.45, 2.75) is 69.9 Å². The van der Waals surface area contributed by atoms with Crippen molar-refractivity contribution >= 4 is 52.8 Å². The molecule has 5 saturated heterocycles. The van der Waals surface area contributed by atoms with Gasteiger partial charge in [-0.2, -0.15) is 0 Å². The van der Waals surface area contributed by atoms with Crippen LogP contribution in [-0.4, -0.2) is 118 Å². The maximum absolute atomic E-state index is 13.3. The number of benzene rings is 1. The molecular weight excluding hydrogens is 729 g/mol. The molecule has 2 aromatic heterocycles. The summed E-state index contributed by atoms with van der Waals surface area (Å²) in [6, 6.07) is 8.52. The van der Waals surface area contributed by atoms with Gasteiger partial charge in [-0.15, -0.1) is 0 Å². The van der Waals surface area contributed by atoms with Crippen LogP contribution in [0.4, 0.5) is 17.3 Å². The summed E-state index contributed by atoms with van der Waals surface area (Å²) in [7, 11) is 0. The number of anilines is 3. The molecule has 1 aromatic carbocycles. The first kappa shape index (κ1) is 36.7. The molecule has 3 aromatic rings.